The lowest BCUT2D eigenvalue weighted by atomic mass is 10.1. The molecule has 0 radical (unpaired) electrons. The van der Waals surface area contributed by atoms with Crippen molar-refractivity contribution in [3.8, 4) is 0 Å². The van der Waals surface area contributed by atoms with Crippen molar-refractivity contribution in [2.75, 3.05) is 41.3 Å². The van der Waals surface area contributed by atoms with Gasteiger partial charge >= 0.3 is 0 Å². The molecule has 1 aromatic heterocycles. The van der Waals surface area contributed by atoms with Gasteiger partial charge in [-0.25, -0.2) is 4.98 Å². The van der Waals surface area contributed by atoms with Gasteiger partial charge in [-0.05, 0) is 31.0 Å². The molecule has 2 aliphatic rings. The molecule has 2 heterocycles. The summed E-state index contributed by atoms with van der Waals surface area (Å²) in [6.07, 6.45) is 9.74. The summed E-state index contributed by atoms with van der Waals surface area (Å²) in [5, 5.41) is 3.58. The van der Waals surface area contributed by atoms with Gasteiger partial charge in [-0.3, -0.25) is 0 Å². The van der Waals surface area contributed by atoms with E-state index < -0.39 is 0 Å². The Bertz CT molecular complexity index is 674. The van der Waals surface area contributed by atoms with Crippen LogP contribution in [-0.2, 0) is 0 Å². The van der Waals surface area contributed by atoms with E-state index in [1.165, 1.54) is 44.2 Å². The van der Waals surface area contributed by atoms with Gasteiger partial charge in [-0.15, -0.1) is 0 Å². The Labute approximate surface area is 156 Å². The van der Waals surface area contributed by atoms with Gasteiger partial charge in [-0.1, -0.05) is 43.9 Å². The number of piperazine rings is 1. The van der Waals surface area contributed by atoms with Crippen LogP contribution >= 0.6 is 0 Å². The Kier molecular flexibility index (Phi) is 5.53. The number of rotatable bonds is 4. The highest BCUT2D eigenvalue weighted by molar-refractivity contribution is 5.50. The molecular formula is C21H29N5. The summed E-state index contributed by atoms with van der Waals surface area (Å²) in [5.74, 6) is 1.84. The van der Waals surface area contributed by atoms with Crippen LogP contribution in [0.5, 0.6) is 0 Å². The van der Waals surface area contributed by atoms with E-state index in [4.69, 9.17) is 4.98 Å². The largest absolute Gasteiger partial charge is 0.368 e. The van der Waals surface area contributed by atoms with Crippen LogP contribution in [0.25, 0.3) is 0 Å². The van der Waals surface area contributed by atoms with Crippen LogP contribution in [-0.4, -0.2) is 42.2 Å². The van der Waals surface area contributed by atoms with Crippen molar-refractivity contribution in [2.24, 2.45) is 0 Å². The monoisotopic (exact) mass is 351 g/mol. The lowest BCUT2D eigenvalue weighted by molar-refractivity contribution is 0.613. The van der Waals surface area contributed by atoms with E-state index in [0.29, 0.717) is 6.04 Å². The van der Waals surface area contributed by atoms with Crippen molar-refractivity contribution in [3.05, 3.63) is 42.6 Å². The Morgan fingerprint density at radius 3 is 2.23 bits per heavy atom. The molecule has 26 heavy (non-hydrogen) atoms. The van der Waals surface area contributed by atoms with Gasteiger partial charge in [0.15, 0.2) is 0 Å². The Hall–Kier alpha value is -2.30. The molecule has 5 nitrogen and oxygen atoms in total. The molecule has 1 aliphatic carbocycles. The second-order valence-electron chi connectivity index (χ2n) is 7.38. The average molecular weight is 351 g/mol. The summed E-state index contributed by atoms with van der Waals surface area (Å²) < 4.78 is 0. The number of nitrogens with one attached hydrogen (secondary N) is 1. The summed E-state index contributed by atoms with van der Waals surface area (Å²) in [7, 11) is 0. The zero-order valence-corrected chi connectivity index (χ0v) is 15.5. The van der Waals surface area contributed by atoms with Gasteiger partial charge in [0.25, 0.3) is 0 Å². The third kappa shape index (κ3) is 4.26. The summed E-state index contributed by atoms with van der Waals surface area (Å²) in [4.78, 5) is 14.1. The van der Waals surface area contributed by atoms with Gasteiger partial charge in [0.2, 0.25) is 5.95 Å². The first-order chi connectivity index (χ1) is 12.9. The molecule has 1 aliphatic heterocycles. The first-order valence-corrected chi connectivity index (χ1v) is 10.0. The van der Waals surface area contributed by atoms with Crippen LogP contribution in [0.15, 0.2) is 42.6 Å². The zero-order valence-electron chi connectivity index (χ0n) is 15.5. The lowest BCUT2D eigenvalue weighted by Gasteiger charge is -2.36. The highest BCUT2D eigenvalue weighted by atomic mass is 15.3. The van der Waals surface area contributed by atoms with Gasteiger partial charge in [0.1, 0.15) is 5.82 Å². The first-order valence-electron chi connectivity index (χ1n) is 10.0. The van der Waals surface area contributed by atoms with Crippen molar-refractivity contribution >= 4 is 17.5 Å². The number of anilines is 3. The standard InChI is InChI=1S/C21H29N5/c1-2-5-9-18(8-4-1)23-21-22-13-12-20(24-21)26-16-14-25(15-17-26)19-10-6-3-7-11-19/h3,6-7,10-13,18H,1-2,4-5,8-9,14-17H2,(H,22,23,24). The molecule has 2 fully saturated rings. The van der Waals surface area contributed by atoms with E-state index in [9.17, 15) is 0 Å². The second-order valence-corrected chi connectivity index (χ2v) is 7.38. The Balaban J connectivity index is 1.36. The number of nitrogens with zero attached hydrogens (tertiary/aromatic N) is 4. The molecule has 0 bridgehead atoms. The zero-order chi connectivity index (χ0) is 17.6. The predicted molar refractivity (Wildman–Crippen MR) is 108 cm³/mol. The summed E-state index contributed by atoms with van der Waals surface area (Å²) in [5.41, 5.74) is 1.31. The fourth-order valence-corrected chi connectivity index (χ4v) is 4.03. The van der Waals surface area contributed by atoms with Crippen molar-refractivity contribution in [1.82, 2.24) is 9.97 Å². The molecule has 2 aromatic rings. The predicted octanol–water partition coefficient (Wildman–Crippen LogP) is 3.94. The SMILES string of the molecule is c1ccc(N2CCN(c3ccnc(NC4CCCCCC4)n3)CC2)cc1. The molecule has 0 amide bonds. The van der Waals surface area contributed by atoms with Crippen LogP contribution < -0.4 is 15.1 Å². The van der Waals surface area contributed by atoms with Gasteiger partial charge in [-0.2, -0.15) is 4.98 Å². The smallest absolute Gasteiger partial charge is 0.224 e. The Morgan fingerprint density at radius 2 is 1.50 bits per heavy atom. The number of benzene rings is 1. The molecule has 138 valence electrons. The maximum absolute atomic E-state index is 4.80. The summed E-state index contributed by atoms with van der Waals surface area (Å²) >= 11 is 0. The molecule has 1 N–H and O–H groups in total. The third-order valence-electron chi connectivity index (χ3n) is 5.55. The maximum atomic E-state index is 4.80. The molecule has 1 saturated heterocycles. The summed E-state index contributed by atoms with van der Waals surface area (Å²) in [6, 6.07) is 13.2. The van der Waals surface area contributed by atoms with E-state index >= 15 is 0 Å². The van der Waals surface area contributed by atoms with E-state index in [1.54, 1.807) is 0 Å². The molecule has 4 rings (SSSR count). The van der Waals surface area contributed by atoms with Gasteiger partial charge in [0.05, 0.1) is 0 Å². The minimum Gasteiger partial charge on any atom is -0.368 e. The quantitative estimate of drug-likeness (QED) is 0.845. The van der Waals surface area contributed by atoms with E-state index in [-0.39, 0.29) is 0 Å². The number of hydrogen-bond donors (Lipinski definition) is 1. The fraction of sp³-hybridized carbons (Fsp3) is 0.524. The third-order valence-corrected chi connectivity index (χ3v) is 5.55. The number of para-hydroxylation sites is 1. The van der Waals surface area contributed by atoms with Gasteiger partial charge in [0, 0.05) is 44.1 Å². The Morgan fingerprint density at radius 1 is 0.808 bits per heavy atom. The van der Waals surface area contributed by atoms with Crippen molar-refractivity contribution in [1.29, 1.82) is 0 Å². The van der Waals surface area contributed by atoms with E-state index in [2.05, 4.69) is 50.4 Å². The normalized spacial score (nSPS) is 19.2. The van der Waals surface area contributed by atoms with Gasteiger partial charge < -0.3 is 15.1 Å². The van der Waals surface area contributed by atoms with E-state index in [1.807, 2.05) is 12.3 Å². The van der Waals surface area contributed by atoms with E-state index in [0.717, 1.165) is 37.9 Å². The second kappa shape index (κ2) is 8.39. The van der Waals surface area contributed by atoms with Crippen LogP contribution in [0.2, 0.25) is 0 Å². The number of aromatic nitrogens is 2. The van der Waals surface area contributed by atoms with Crippen LogP contribution in [0, 0.1) is 0 Å². The highest BCUT2D eigenvalue weighted by Gasteiger charge is 2.19. The minimum absolute atomic E-state index is 0.530. The number of hydrogen-bond acceptors (Lipinski definition) is 5. The first kappa shape index (κ1) is 17.1. The lowest BCUT2D eigenvalue weighted by Crippen LogP contribution is -2.46. The molecule has 1 saturated carbocycles. The van der Waals surface area contributed by atoms with Crippen molar-refractivity contribution < 1.29 is 0 Å². The minimum atomic E-state index is 0.530. The van der Waals surface area contributed by atoms with Crippen molar-refractivity contribution in [2.45, 2.75) is 44.6 Å². The topological polar surface area (TPSA) is 44.3 Å². The molecule has 5 heteroatoms. The summed E-state index contributed by atoms with van der Waals surface area (Å²) in [6.45, 7) is 4.04. The average Bonchev–Trinajstić information content (AvgIpc) is 2.98. The molecular weight excluding hydrogens is 322 g/mol. The molecule has 0 atom stereocenters. The van der Waals surface area contributed by atoms with Crippen LogP contribution in [0.3, 0.4) is 0 Å². The highest BCUT2D eigenvalue weighted by Crippen LogP contribution is 2.22. The maximum Gasteiger partial charge on any atom is 0.224 e. The van der Waals surface area contributed by atoms with Crippen LogP contribution in [0.1, 0.15) is 38.5 Å². The molecule has 0 spiro atoms. The fourth-order valence-electron chi connectivity index (χ4n) is 4.03. The van der Waals surface area contributed by atoms with Crippen LogP contribution in [0.4, 0.5) is 17.5 Å². The molecule has 0 unspecified atom stereocenters. The molecule has 1 aromatic carbocycles. The van der Waals surface area contributed by atoms with Crippen molar-refractivity contribution in [3.63, 3.8) is 0 Å².